The van der Waals surface area contributed by atoms with Crippen molar-refractivity contribution in [3.63, 3.8) is 0 Å². The number of fused-ring (bicyclic) bond motifs is 1. The van der Waals surface area contributed by atoms with Gasteiger partial charge in [0.15, 0.2) is 0 Å². The summed E-state index contributed by atoms with van der Waals surface area (Å²) in [6, 6.07) is 21.4. The average molecular weight is 396 g/mol. The van der Waals surface area contributed by atoms with E-state index in [9.17, 15) is 9.59 Å². The zero-order valence-electron chi connectivity index (χ0n) is 16.4. The van der Waals surface area contributed by atoms with E-state index in [0.29, 0.717) is 22.5 Å². The topological polar surface area (TPSA) is 89.0 Å². The molecule has 4 rings (SSSR count). The van der Waals surface area contributed by atoms with E-state index < -0.39 is 0 Å². The zero-order chi connectivity index (χ0) is 21.1. The lowest BCUT2D eigenvalue weighted by atomic mass is 10.0. The van der Waals surface area contributed by atoms with Crippen molar-refractivity contribution in [2.45, 2.75) is 6.92 Å². The summed E-state index contributed by atoms with van der Waals surface area (Å²) in [5.41, 5.74) is 12.8. The Bertz CT molecular complexity index is 1260. The molecule has 0 saturated carbocycles. The molecule has 0 aliphatic carbocycles. The minimum Gasteiger partial charge on any atom is -0.399 e. The summed E-state index contributed by atoms with van der Waals surface area (Å²) in [7, 11) is 0. The number of rotatable bonds is 5. The van der Waals surface area contributed by atoms with Crippen LogP contribution in [-0.4, -0.2) is 22.3 Å². The number of hydrogen-bond acceptors (Lipinski definition) is 4. The summed E-state index contributed by atoms with van der Waals surface area (Å²) in [4.78, 5) is 25.4. The fourth-order valence-corrected chi connectivity index (χ4v) is 3.38. The van der Waals surface area contributed by atoms with Gasteiger partial charge in [0.05, 0.1) is 17.4 Å². The van der Waals surface area contributed by atoms with E-state index in [2.05, 4.69) is 10.5 Å². The number of pyridine rings is 1. The number of nitrogens with one attached hydrogen (secondary N) is 1. The summed E-state index contributed by atoms with van der Waals surface area (Å²) in [6.07, 6.45) is 3.42. The lowest BCUT2D eigenvalue weighted by Gasteiger charge is -2.03. The monoisotopic (exact) mass is 396 g/mol. The maximum atomic E-state index is 13.1. The third kappa shape index (κ3) is 3.58. The minimum atomic E-state index is -0.340. The van der Waals surface area contributed by atoms with Crippen LogP contribution in [0, 0.1) is 6.92 Å². The molecule has 2 aromatic heterocycles. The quantitative estimate of drug-likeness (QED) is 0.233. The van der Waals surface area contributed by atoms with Gasteiger partial charge in [-0.2, -0.15) is 5.10 Å². The van der Waals surface area contributed by atoms with Crippen LogP contribution < -0.4 is 11.2 Å². The van der Waals surface area contributed by atoms with Crippen LogP contribution in [-0.2, 0) is 0 Å². The molecule has 0 radical (unpaired) electrons. The predicted octanol–water partition coefficient (Wildman–Crippen LogP) is 3.82. The molecule has 0 bridgehead atoms. The second-order valence-corrected chi connectivity index (χ2v) is 6.86. The highest BCUT2D eigenvalue weighted by molar-refractivity contribution is 6.12. The van der Waals surface area contributed by atoms with E-state index in [1.165, 1.54) is 0 Å². The van der Waals surface area contributed by atoms with Crippen LogP contribution in [0.3, 0.4) is 0 Å². The van der Waals surface area contributed by atoms with Crippen LogP contribution in [0.1, 0.15) is 37.5 Å². The molecule has 0 spiro atoms. The van der Waals surface area contributed by atoms with Crippen molar-refractivity contribution in [1.82, 2.24) is 9.83 Å². The molecule has 6 heteroatoms. The molecule has 1 amide bonds. The van der Waals surface area contributed by atoms with Crippen LogP contribution in [0.4, 0.5) is 5.69 Å². The number of hydrogen-bond donors (Lipinski definition) is 2. The molecule has 0 aliphatic rings. The average Bonchev–Trinajstić information content (AvgIpc) is 3.05. The molecule has 6 nitrogen and oxygen atoms in total. The first-order chi connectivity index (χ1) is 14.6. The van der Waals surface area contributed by atoms with Gasteiger partial charge in [0.1, 0.15) is 0 Å². The molecule has 0 atom stereocenters. The number of anilines is 1. The minimum absolute atomic E-state index is 0.0696. The van der Waals surface area contributed by atoms with Gasteiger partial charge in [0.25, 0.3) is 5.91 Å². The number of nitrogens with zero attached hydrogens (tertiary/aromatic N) is 2. The molecule has 0 saturated heterocycles. The largest absolute Gasteiger partial charge is 0.399 e. The first kappa shape index (κ1) is 19.1. The first-order valence-electron chi connectivity index (χ1n) is 9.44. The number of nitrogen functional groups attached to an aromatic ring is 1. The number of hydrazone groups is 1. The van der Waals surface area contributed by atoms with Gasteiger partial charge < -0.3 is 10.1 Å². The maximum Gasteiger partial charge on any atom is 0.271 e. The smallest absolute Gasteiger partial charge is 0.271 e. The Morgan fingerprint density at radius 1 is 0.933 bits per heavy atom. The predicted molar refractivity (Wildman–Crippen MR) is 118 cm³/mol. The van der Waals surface area contributed by atoms with Crippen molar-refractivity contribution in [1.29, 1.82) is 0 Å². The normalized spacial score (nSPS) is 11.1. The fraction of sp³-hybridized carbons (Fsp3) is 0.0417. The van der Waals surface area contributed by atoms with Gasteiger partial charge in [-0.15, -0.1) is 0 Å². The maximum absolute atomic E-state index is 13.1. The van der Waals surface area contributed by atoms with Crippen molar-refractivity contribution in [2.75, 3.05) is 5.73 Å². The van der Waals surface area contributed by atoms with Crippen molar-refractivity contribution in [3.05, 3.63) is 107 Å². The van der Waals surface area contributed by atoms with Crippen LogP contribution in [0.15, 0.2) is 84.1 Å². The third-order valence-corrected chi connectivity index (χ3v) is 4.92. The van der Waals surface area contributed by atoms with E-state index in [1.54, 1.807) is 42.6 Å². The van der Waals surface area contributed by atoms with E-state index >= 15 is 0 Å². The summed E-state index contributed by atoms with van der Waals surface area (Å²) in [6.45, 7) is 1.88. The number of aromatic nitrogens is 1. The summed E-state index contributed by atoms with van der Waals surface area (Å²) in [5.74, 6) is -0.409. The fourth-order valence-electron chi connectivity index (χ4n) is 3.38. The standard InChI is InChI=1S/C24H20N4O2/c1-16-20(15-26-27-24(30)18-10-12-19(25)13-11-18)21-9-5-6-14-28(21)22(16)23(29)17-7-3-2-4-8-17/h2-15H,25H2,1H3,(H,27,30)/b26-15-. The summed E-state index contributed by atoms with van der Waals surface area (Å²) >= 11 is 0. The van der Waals surface area contributed by atoms with Crippen molar-refractivity contribution < 1.29 is 9.59 Å². The highest BCUT2D eigenvalue weighted by atomic mass is 16.2. The van der Waals surface area contributed by atoms with E-state index in [4.69, 9.17) is 5.73 Å². The SMILES string of the molecule is Cc1c(/C=N\NC(=O)c2ccc(N)cc2)c2ccccn2c1C(=O)c1ccccc1. The zero-order valence-corrected chi connectivity index (χ0v) is 16.4. The lowest BCUT2D eigenvalue weighted by molar-refractivity contribution is 0.0954. The number of carbonyl (C=O) groups excluding carboxylic acids is 2. The number of benzene rings is 2. The van der Waals surface area contributed by atoms with Crippen molar-refractivity contribution in [2.24, 2.45) is 5.10 Å². The van der Waals surface area contributed by atoms with E-state index in [1.807, 2.05) is 53.9 Å². The number of carbonyl (C=O) groups is 2. The van der Waals surface area contributed by atoms with Gasteiger partial charge in [-0.3, -0.25) is 9.59 Å². The van der Waals surface area contributed by atoms with Crippen LogP contribution in [0.5, 0.6) is 0 Å². The van der Waals surface area contributed by atoms with Crippen LogP contribution >= 0.6 is 0 Å². The van der Waals surface area contributed by atoms with E-state index in [-0.39, 0.29) is 11.7 Å². The molecule has 4 aromatic rings. The van der Waals surface area contributed by atoms with Crippen molar-refractivity contribution >= 4 is 29.1 Å². The highest BCUT2D eigenvalue weighted by Crippen LogP contribution is 2.24. The molecular formula is C24H20N4O2. The van der Waals surface area contributed by atoms with Gasteiger partial charge >= 0.3 is 0 Å². The Morgan fingerprint density at radius 3 is 2.37 bits per heavy atom. The Labute approximate surface area is 173 Å². The Balaban J connectivity index is 1.67. The molecular weight excluding hydrogens is 376 g/mol. The second kappa shape index (κ2) is 8.05. The molecule has 0 aliphatic heterocycles. The Morgan fingerprint density at radius 2 is 1.63 bits per heavy atom. The lowest BCUT2D eigenvalue weighted by Crippen LogP contribution is -2.17. The Hall–Kier alpha value is -4.19. The number of amides is 1. The van der Waals surface area contributed by atoms with Crippen molar-refractivity contribution in [3.8, 4) is 0 Å². The molecule has 30 heavy (non-hydrogen) atoms. The van der Waals surface area contributed by atoms with Crippen LogP contribution in [0.25, 0.3) is 5.52 Å². The highest BCUT2D eigenvalue weighted by Gasteiger charge is 2.20. The molecule has 3 N–H and O–H groups in total. The Kier molecular flexibility index (Phi) is 5.13. The first-order valence-corrected chi connectivity index (χ1v) is 9.44. The summed E-state index contributed by atoms with van der Waals surface area (Å²) < 4.78 is 1.85. The van der Waals surface area contributed by atoms with Gasteiger partial charge in [-0.05, 0) is 48.9 Å². The van der Waals surface area contributed by atoms with Gasteiger partial charge in [-0.1, -0.05) is 36.4 Å². The van der Waals surface area contributed by atoms with Gasteiger partial charge in [0.2, 0.25) is 5.78 Å². The molecule has 148 valence electrons. The van der Waals surface area contributed by atoms with Gasteiger partial charge in [0, 0.05) is 28.6 Å². The third-order valence-electron chi connectivity index (χ3n) is 4.92. The van der Waals surface area contributed by atoms with Gasteiger partial charge in [-0.25, -0.2) is 5.43 Å². The molecule has 2 heterocycles. The molecule has 2 aromatic carbocycles. The number of nitrogens with two attached hydrogens (primary N) is 1. The molecule has 0 unspecified atom stereocenters. The summed E-state index contributed by atoms with van der Waals surface area (Å²) in [5, 5.41) is 4.12. The molecule has 0 fully saturated rings. The van der Waals surface area contributed by atoms with Crippen LogP contribution in [0.2, 0.25) is 0 Å². The second-order valence-electron chi connectivity index (χ2n) is 6.86. The number of ketones is 1. The van der Waals surface area contributed by atoms with E-state index in [0.717, 1.165) is 16.6 Å².